The number of nitrogens with two attached hydrogens (primary N) is 1. The van der Waals surface area contributed by atoms with Crippen molar-refractivity contribution in [2.24, 2.45) is 10.7 Å². The van der Waals surface area contributed by atoms with Gasteiger partial charge < -0.3 is 19.8 Å². The van der Waals surface area contributed by atoms with Crippen molar-refractivity contribution in [1.29, 1.82) is 0 Å². The minimum atomic E-state index is -0.453. The highest BCUT2D eigenvalue weighted by Crippen LogP contribution is 2.24. The number of aliphatic imine (C=N–C) groups is 1. The van der Waals surface area contributed by atoms with Crippen molar-refractivity contribution in [2.45, 2.75) is 0 Å². The lowest BCUT2D eigenvalue weighted by atomic mass is 10.3. The summed E-state index contributed by atoms with van der Waals surface area (Å²) in [4.78, 5) is 26.9. The molecule has 3 aromatic rings. The topological polar surface area (TPSA) is 119 Å². The fourth-order valence-corrected chi connectivity index (χ4v) is 3.54. The molecule has 0 aliphatic carbocycles. The molecular formula is C16H15ClN6O3S. The molecular weight excluding hydrogens is 392 g/mol. The van der Waals surface area contributed by atoms with E-state index in [9.17, 15) is 4.79 Å². The molecule has 0 radical (unpaired) electrons. The summed E-state index contributed by atoms with van der Waals surface area (Å²) < 4.78 is 10.8. The number of hydrogen-bond acceptors (Lipinski definition) is 8. The number of amides is 1. The van der Waals surface area contributed by atoms with Crippen molar-refractivity contribution in [1.82, 2.24) is 15.3 Å². The molecule has 0 atom stereocenters. The number of ether oxygens (including phenoxy) is 1. The number of morpholine rings is 1. The van der Waals surface area contributed by atoms with Gasteiger partial charge in [0.2, 0.25) is 5.96 Å². The maximum absolute atomic E-state index is 12.3. The zero-order valence-electron chi connectivity index (χ0n) is 14.0. The molecule has 1 aliphatic rings. The van der Waals surface area contributed by atoms with Crippen molar-refractivity contribution in [2.75, 3.05) is 31.2 Å². The molecule has 9 nitrogen and oxygen atoms in total. The molecule has 4 rings (SSSR count). The van der Waals surface area contributed by atoms with Gasteiger partial charge in [0.05, 0.1) is 13.2 Å². The average Bonchev–Trinajstić information content (AvgIpc) is 3.28. The van der Waals surface area contributed by atoms with E-state index < -0.39 is 5.91 Å². The van der Waals surface area contributed by atoms with Gasteiger partial charge in [-0.1, -0.05) is 11.6 Å². The highest BCUT2D eigenvalue weighted by molar-refractivity contribution is 7.13. The second-order valence-electron chi connectivity index (χ2n) is 5.67. The average molecular weight is 407 g/mol. The number of carbonyl (C=O) groups is 1. The van der Waals surface area contributed by atoms with E-state index in [0.717, 1.165) is 18.2 Å². The SMILES string of the molecule is NC(=Nc1nc2cc(Cl)ccc2o1)NC(=O)c1csc(N2CCOCC2)n1. The largest absolute Gasteiger partial charge is 0.422 e. The van der Waals surface area contributed by atoms with E-state index in [-0.39, 0.29) is 17.7 Å². The normalized spacial score (nSPS) is 15.3. The lowest BCUT2D eigenvalue weighted by Crippen LogP contribution is -2.37. The first-order valence-electron chi connectivity index (χ1n) is 8.08. The second-order valence-corrected chi connectivity index (χ2v) is 6.95. The summed E-state index contributed by atoms with van der Waals surface area (Å²) in [5.41, 5.74) is 7.12. The summed E-state index contributed by atoms with van der Waals surface area (Å²) >= 11 is 7.31. The van der Waals surface area contributed by atoms with Crippen molar-refractivity contribution in [3.05, 3.63) is 34.3 Å². The molecule has 0 saturated carbocycles. The third-order valence-electron chi connectivity index (χ3n) is 3.80. The van der Waals surface area contributed by atoms with Crippen LogP contribution in [-0.4, -0.2) is 48.1 Å². The van der Waals surface area contributed by atoms with Gasteiger partial charge in [0, 0.05) is 23.5 Å². The molecule has 2 aromatic heterocycles. The van der Waals surface area contributed by atoms with Crippen molar-refractivity contribution >= 4 is 57.1 Å². The van der Waals surface area contributed by atoms with Gasteiger partial charge in [0.1, 0.15) is 11.2 Å². The maximum atomic E-state index is 12.3. The van der Waals surface area contributed by atoms with Gasteiger partial charge in [-0.05, 0) is 18.2 Å². The second kappa shape index (κ2) is 7.51. The fourth-order valence-electron chi connectivity index (χ4n) is 2.52. The number of halogens is 1. The van der Waals surface area contributed by atoms with E-state index in [1.54, 1.807) is 23.6 Å². The minimum absolute atomic E-state index is 0.0253. The first-order chi connectivity index (χ1) is 13.1. The number of fused-ring (bicyclic) bond motifs is 1. The fraction of sp³-hybridized carbons (Fsp3) is 0.250. The number of anilines is 1. The Morgan fingerprint density at radius 3 is 2.96 bits per heavy atom. The minimum Gasteiger partial charge on any atom is -0.422 e. The third-order valence-corrected chi connectivity index (χ3v) is 4.94. The molecule has 1 aromatic carbocycles. The van der Waals surface area contributed by atoms with E-state index in [1.165, 1.54) is 11.3 Å². The lowest BCUT2D eigenvalue weighted by Gasteiger charge is -2.25. The molecule has 1 fully saturated rings. The quantitative estimate of drug-likeness (QED) is 0.505. The number of carbonyl (C=O) groups excluding carboxylic acids is 1. The van der Waals surface area contributed by atoms with Crippen LogP contribution in [0, 0.1) is 0 Å². The number of benzene rings is 1. The van der Waals surface area contributed by atoms with Gasteiger partial charge in [-0.15, -0.1) is 11.3 Å². The lowest BCUT2D eigenvalue weighted by molar-refractivity contribution is 0.0972. The highest BCUT2D eigenvalue weighted by atomic mass is 35.5. The predicted octanol–water partition coefficient (Wildman–Crippen LogP) is 2.15. The molecule has 3 heterocycles. The number of aromatic nitrogens is 2. The summed E-state index contributed by atoms with van der Waals surface area (Å²) in [5, 5.41) is 5.46. The van der Waals surface area contributed by atoms with Crippen LogP contribution in [0.2, 0.25) is 5.02 Å². The summed E-state index contributed by atoms with van der Waals surface area (Å²) in [6.07, 6.45) is 0. The van der Waals surface area contributed by atoms with Gasteiger partial charge >= 0.3 is 6.01 Å². The summed E-state index contributed by atoms with van der Waals surface area (Å²) in [5.74, 6) is -0.593. The number of hydrogen-bond donors (Lipinski definition) is 2. The Hall–Kier alpha value is -2.69. The standard InChI is InChI=1S/C16H15ClN6O3S/c17-9-1-2-12-10(7-9)19-15(26-12)22-14(18)21-13(24)11-8-27-16(20-11)23-3-5-25-6-4-23/h1-2,7-8H,3-6H2,(H3,18,19,21,22,24). The summed E-state index contributed by atoms with van der Waals surface area (Å²) in [6.45, 7) is 2.80. The van der Waals surface area contributed by atoms with Crippen LogP contribution in [0.5, 0.6) is 0 Å². The van der Waals surface area contributed by atoms with Crippen LogP contribution in [0.3, 0.4) is 0 Å². The number of rotatable bonds is 3. The number of nitrogens with zero attached hydrogens (tertiary/aromatic N) is 4. The van der Waals surface area contributed by atoms with Crippen LogP contribution >= 0.6 is 22.9 Å². The van der Waals surface area contributed by atoms with E-state index in [1.807, 2.05) is 0 Å². The van der Waals surface area contributed by atoms with Crippen molar-refractivity contribution in [3.8, 4) is 0 Å². The molecule has 3 N–H and O–H groups in total. The zero-order valence-corrected chi connectivity index (χ0v) is 15.6. The van der Waals surface area contributed by atoms with Crippen molar-refractivity contribution in [3.63, 3.8) is 0 Å². The Morgan fingerprint density at radius 2 is 2.15 bits per heavy atom. The van der Waals surface area contributed by atoms with E-state index >= 15 is 0 Å². The Balaban J connectivity index is 1.45. The number of thiazole rings is 1. The molecule has 0 bridgehead atoms. The molecule has 140 valence electrons. The zero-order chi connectivity index (χ0) is 18.8. The Labute approximate surface area is 162 Å². The molecule has 1 saturated heterocycles. The Morgan fingerprint density at radius 1 is 1.33 bits per heavy atom. The molecule has 0 spiro atoms. The van der Waals surface area contributed by atoms with Gasteiger partial charge in [-0.3, -0.25) is 10.1 Å². The maximum Gasteiger partial charge on any atom is 0.325 e. The van der Waals surface area contributed by atoms with Gasteiger partial charge in [0.15, 0.2) is 10.7 Å². The van der Waals surface area contributed by atoms with Gasteiger partial charge in [-0.2, -0.15) is 9.98 Å². The molecule has 1 aliphatic heterocycles. The third kappa shape index (κ3) is 4.02. The number of nitrogens with one attached hydrogen (secondary N) is 1. The molecule has 0 unspecified atom stereocenters. The first-order valence-corrected chi connectivity index (χ1v) is 9.34. The number of oxazole rings is 1. The molecule has 11 heteroatoms. The van der Waals surface area contributed by atoms with Gasteiger partial charge in [-0.25, -0.2) is 4.98 Å². The number of guanidine groups is 1. The van der Waals surface area contributed by atoms with Crippen LogP contribution in [-0.2, 0) is 4.74 Å². The Kier molecular flexibility index (Phi) is 4.92. The molecule has 27 heavy (non-hydrogen) atoms. The highest BCUT2D eigenvalue weighted by Gasteiger charge is 2.18. The predicted molar refractivity (Wildman–Crippen MR) is 103 cm³/mol. The van der Waals surface area contributed by atoms with Crippen LogP contribution < -0.4 is 16.0 Å². The van der Waals surface area contributed by atoms with E-state index in [2.05, 4.69) is 25.2 Å². The summed E-state index contributed by atoms with van der Waals surface area (Å²) in [7, 11) is 0. The van der Waals surface area contributed by atoms with Crippen LogP contribution in [0.15, 0.2) is 33.0 Å². The van der Waals surface area contributed by atoms with Gasteiger partial charge in [0.25, 0.3) is 5.91 Å². The van der Waals surface area contributed by atoms with Crippen molar-refractivity contribution < 1.29 is 13.9 Å². The molecule has 1 amide bonds. The van der Waals surface area contributed by atoms with Crippen LogP contribution in [0.4, 0.5) is 11.1 Å². The van der Waals surface area contributed by atoms with E-state index in [4.69, 9.17) is 26.5 Å². The van der Waals surface area contributed by atoms with Crippen LogP contribution in [0.25, 0.3) is 11.1 Å². The monoisotopic (exact) mass is 406 g/mol. The summed E-state index contributed by atoms with van der Waals surface area (Å²) in [6, 6.07) is 5.04. The first kappa shape index (κ1) is 17.7. The Bertz CT molecular complexity index is 1010. The smallest absolute Gasteiger partial charge is 0.325 e. The van der Waals surface area contributed by atoms with Crippen LogP contribution in [0.1, 0.15) is 10.5 Å². The van der Waals surface area contributed by atoms with E-state index in [0.29, 0.717) is 29.3 Å².